The van der Waals surface area contributed by atoms with E-state index in [0.29, 0.717) is 16.4 Å². The molecule has 0 saturated heterocycles. The lowest BCUT2D eigenvalue weighted by molar-refractivity contribution is -0.132. The molecule has 0 aliphatic carbocycles. The van der Waals surface area contributed by atoms with Gasteiger partial charge in [-0.2, -0.15) is 5.10 Å². The first-order valence-electron chi connectivity index (χ1n) is 11.5. The van der Waals surface area contributed by atoms with Crippen LogP contribution in [0.1, 0.15) is 64.5 Å². The molecule has 3 N–H and O–H groups in total. The van der Waals surface area contributed by atoms with Crippen molar-refractivity contribution in [1.29, 1.82) is 0 Å². The zero-order chi connectivity index (χ0) is 26.0. The Labute approximate surface area is 211 Å². The summed E-state index contributed by atoms with van der Waals surface area (Å²) < 4.78 is 1.78. The minimum atomic E-state index is -1.42. The van der Waals surface area contributed by atoms with Crippen molar-refractivity contribution in [1.82, 2.24) is 15.1 Å². The molecule has 2 amide bonds. The molecule has 0 spiro atoms. The number of carbonyl (C=O) groups is 2. The van der Waals surface area contributed by atoms with E-state index in [2.05, 4.69) is 36.6 Å². The summed E-state index contributed by atoms with van der Waals surface area (Å²) in [4.78, 5) is 25.5. The van der Waals surface area contributed by atoms with Gasteiger partial charge in [0.25, 0.3) is 5.91 Å². The first-order chi connectivity index (χ1) is 16.3. The first kappa shape index (κ1) is 26.4. The Hall–Kier alpha value is -3.16. The van der Waals surface area contributed by atoms with E-state index in [9.17, 15) is 14.7 Å². The van der Waals surface area contributed by atoms with Gasteiger partial charge in [-0.15, -0.1) is 0 Å². The van der Waals surface area contributed by atoms with Crippen LogP contribution in [0.4, 0.5) is 5.82 Å². The third-order valence-electron chi connectivity index (χ3n) is 5.92. The van der Waals surface area contributed by atoms with Gasteiger partial charge >= 0.3 is 0 Å². The minimum Gasteiger partial charge on any atom is -0.378 e. The van der Waals surface area contributed by atoms with Crippen LogP contribution in [0.3, 0.4) is 0 Å². The lowest BCUT2D eigenvalue weighted by atomic mass is 9.82. The van der Waals surface area contributed by atoms with Crippen LogP contribution >= 0.6 is 11.6 Å². The van der Waals surface area contributed by atoms with E-state index in [1.807, 2.05) is 45.0 Å². The topological polar surface area (TPSA) is 96.2 Å². The third kappa shape index (κ3) is 6.10. The number of aromatic nitrogens is 2. The highest BCUT2D eigenvalue weighted by Crippen LogP contribution is 2.33. The lowest BCUT2D eigenvalue weighted by Gasteiger charge is -2.25. The fourth-order valence-electron chi connectivity index (χ4n) is 3.68. The number of aliphatic hydroxyl groups excluding tert-OH is 1. The summed E-state index contributed by atoms with van der Waals surface area (Å²) in [5.41, 5.74) is 1.51. The number of aliphatic hydroxyl groups is 1. The second kappa shape index (κ2) is 10.2. The molecule has 35 heavy (non-hydrogen) atoms. The fraction of sp³-hybridized carbons (Fsp3) is 0.370. The summed E-state index contributed by atoms with van der Waals surface area (Å²) in [6.07, 6.45) is -1.42. The fourth-order valence-corrected chi connectivity index (χ4v) is 3.80. The summed E-state index contributed by atoms with van der Waals surface area (Å²) in [5.74, 6) is -0.567. The van der Waals surface area contributed by atoms with Gasteiger partial charge in [0.05, 0.1) is 11.2 Å². The molecule has 0 fully saturated rings. The van der Waals surface area contributed by atoms with Crippen LogP contribution in [0.15, 0.2) is 60.7 Å². The predicted molar refractivity (Wildman–Crippen MR) is 138 cm³/mol. The van der Waals surface area contributed by atoms with E-state index >= 15 is 0 Å². The molecule has 3 rings (SSSR count). The van der Waals surface area contributed by atoms with Crippen molar-refractivity contribution in [3.8, 4) is 0 Å². The summed E-state index contributed by atoms with van der Waals surface area (Å²) in [7, 11) is 0. The van der Waals surface area contributed by atoms with Gasteiger partial charge in [0.1, 0.15) is 11.9 Å². The number of benzene rings is 2. The largest absolute Gasteiger partial charge is 0.378 e. The van der Waals surface area contributed by atoms with Crippen LogP contribution in [0.2, 0.25) is 5.02 Å². The zero-order valence-electron chi connectivity index (χ0n) is 21.0. The number of rotatable bonds is 7. The average Bonchev–Trinajstić information content (AvgIpc) is 3.25. The van der Waals surface area contributed by atoms with Gasteiger partial charge in [0, 0.05) is 16.5 Å². The Bertz CT molecular complexity index is 1180. The molecule has 7 nitrogen and oxygen atoms in total. The van der Waals surface area contributed by atoms with E-state index < -0.39 is 29.5 Å². The maximum absolute atomic E-state index is 13.0. The maximum Gasteiger partial charge on any atom is 0.254 e. The molecular formula is C27H33ClN4O3. The molecule has 3 aromatic rings. The monoisotopic (exact) mass is 496 g/mol. The highest BCUT2D eigenvalue weighted by atomic mass is 35.5. The molecule has 186 valence electrons. The molecule has 2 atom stereocenters. The smallest absolute Gasteiger partial charge is 0.254 e. The first-order valence-corrected chi connectivity index (χ1v) is 11.9. The van der Waals surface area contributed by atoms with Crippen molar-refractivity contribution in [2.75, 3.05) is 5.32 Å². The predicted octanol–water partition coefficient (Wildman–Crippen LogP) is 4.79. The second-order valence-electron chi connectivity index (χ2n) is 10.2. The van der Waals surface area contributed by atoms with Gasteiger partial charge in [0.2, 0.25) is 5.91 Å². The SMILES string of the molecule is C[C@H](NC(=O)[C@@H](O)c1ccc(Cl)cc1)C(=O)Nc1cc(C(C)(C)c2ccccc2)nn1C(C)(C)C. The minimum absolute atomic E-state index is 0.387. The number of hydrogen-bond donors (Lipinski definition) is 3. The Morgan fingerprint density at radius 2 is 1.57 bits per heavy atom. The van der Waals surface area contributed by atoms with Crippen LogP contribution in [0.25, 0.3) is 0 Å². The number of nitrogens with zero attached hydrogens (tertiary/aromatic N) is 2. The van der Waals surface area contributed by atoms with E-state index in [1.165, 1.54) is 0 Å². The maximum atomic E-state index is 13.0. The molecule has 8 heteroatoms. The Kier molecular flexibility index (Phi) is 7.72. The highest BCUT2D eigenvalue weighted by Gasteiger charge is 2.31. The van der Waals surface area contributed by atoms with E-state index in [-0.39, 0.29) is 5.41 Å². The van der Waals surface area contributed by atoms with Gasteiger partial charge < -0.3 is 15.7 Å². The number of hydrogen-bond acceptors (Lipinski definition) is 4. The Balaban J connectivity index is 1.78. The van der Waals surface area contributed by atoms with Crippen molar-refractivity contribution in [2.24, 2.45) is 0 Å². The van der Waals surface area contributed by atoms with Gasteiger partial charge in [0.15, 0.2) is 6.10 Å². The summed E-state index contributed by atoms with van der Waals surface area (Å²) in [5, 5.41) is 21.2. The van der Waals surface area contributed by atoms with Gasteiger partial charge in [-0.3, -0.25) is 9.59 Å². The summed E-state index contributed by atoms with van der Waals surface area (Å²) in [6, 6.07) is 17.3. The second-order valence-corrected chi connectivity index (χ2v) is 10.6. The summed E-state index contributed by atoms with van der Waals surface area (Å²) >= 11 is 5.87. The van der Waals surface area contributed by atoms with Crippen molar-refractivity contribution in [3.63, 3.8) is 0 Å². The van der Waals surface area contributed by atoms with E-state index in [0.717, 1.165) is 11.3 Å². The molecule has 0 bridgehead atoms. The number of halogens is 1. The Morgan fingerprint density at radius 3 is 2.14 bits per heavy atom. The molecule has 1 heterocycles. The van der Waals surface area contributed by atoms with Crippen molar-refractivity contribution >= 4 is 29.2 Å². The molecule has 0 aliphatic rings. The third-order valence-corrected chi connectivity index (χ3v) is 6.17. The van der Waals surface area contributed by atoms with Crippen LogP contribution < -0.4 is 10.6 Å². The number of carbonyl (C=O) groups excluding carboxylic acids is 2. The summed E-state index contributed by atoms with van der Waals surface area (Å²) in [6.45, 7) is 11.7. The van der Waals surface area contributed by atoms with Crippen LogP contribution in [0.5, 0.6) is 0 Å². The molecular weight excluding hydrogens is 464 g/mol. The lowest BCUT2D eigenvalue weighted by Crippen LogP contribution is -2.44. The van der Waals surface area contributed by atoms with Gasteiger partial charge in [-0.1, -0.05) is 67.9 Å². The molecule has 0 aliphatic heterocycles. The Morgan fingerprint density at radius 1 is 0.971 bits per heavy atom. The molecule has 2 aromatic carbocycles. The number of amides is 2. The van der Waals surface area contributed by atoms with Crippen molar-refractivity contribution < 1.29 is 14.7 Å². The number of anilines is 1. The van der Waals surface area contributed by atoms with Gasteiger partial charge in [-0.25, -0.2) is 4.68 Å². The molecule has 0 unspecified atom stereocenters. The molecule has 1 aromatic heterocycles. The highest BCUT2D eigenvalue weighted by molar-refractivity contribution is 6.30. The average molecular weight is 497 g/mol. The van der Waals surface area contributed by atoms with Crippen molar-refractivity contribution in [2.45, 2.75) is 64.6 Å². The van der Waals surface area contributed by atoms with Crippen LogP contribution in [-0.2, 0) is 20.5 Å². The van der Waals surface area contributed by atoms with E-state index in [4.69, 9.17) is 16.7 Å². The molecule has 0 radical (unpaired) electrons. The quantitative estimate of drug-likeness (QED) is 0.438. The van der Waals surface area contributed by atoms with Crippen LogP contribution in [0, 0.1) is 0 Å². The van der Waals surface area contributed by atoms with Crippen molar-refractivity contribution in [3.05, 3.63) is 82.5 Å². The zero-order valence-corrected chi connectivity index (χ0v) is 21.7. The number of nitrogens with one attached hydrogen (secondary N) is 2. The van der Waals surface area contributed by atoms with E-state index in [1.54, 1.807) is 35.9 Å². The normalized spacial score (nSPS) is 13.7. The molecule has 0 saturated carbocycles. The van der Waals surface area contributed by atoms with Gasteiger partial charge in [-0.05, 0) is 51.0 Å². The van der Waals surface area contributed by atoms with Crippen LogP contribution in [-0.4, -0.2) is 32.7 Å². The standard InChI is InChI=1S/C27H33ClN4O3/c1-17(29-25(35)23(33)18-12-14-20(28)15-13-18)24(34)30-22-16-21(31-32(22)26(2,3)4)27(5,6)19-10-8-7-9-11-19/h7-17,23,33H,1-6H3,(H,29,35)(H,30,34)/t17-,23-/m0/s1.